The Morgan fingerprint density at radius 2 is 2.06 bits per heavy atom. The smallest absolute Gasteiger partial charge is 0.231 e. The Balaban J connectivity index is 1.91. The molecule has 0 amide bonds. The fraction of sp³-hybridized carbons (Fsp3) is 0.538. The summed E-state index contributed by atoms with van der Waals surface area (Å²) >= 11 is 0. The van der Waals surface area contributed by atoms with Crippen LogP contribution in [-0.4, -0.2) is 24.5 Å². The van der Waals surface area contributed by atoms with E-state index in [1.165, 1.54) is 0 Å². The van der Waals surface area contributed by atoms with Crippen molar-refractivity contribution in [3.8, 4) is 11.5 Å². The Hall–Kier alpha value is -1.26. The highest BCUT2D eigenvalue weighted by Gasteiger charge is 2.14. The van der Waals surface area contributed by atoms with Crippen LogP contribution in [0.4, 0.5) is 0 Å². The van der Waals surface area contributed by atoms with Gasteiger partial charge in [0.1, 0.15) is 0 Å². The van der Waals surface area contributed by atoms with Gasteiger partial charge in [0.05, 0.1) is 0 Å². The van der Waals surface area contributed by atoms with Crippen molar-refractivity contribution in [2.24, 2.45) is 5.92 Å². The third-order valence-corrected chi connectivity index (χ3v) is 3.21. The van der Waals surface area contributed by atoms with Crippen molar-refractivity contribution in [1.82, 2.24) is 5.32 Å². The van der Waals surface area contributed by atoms with Gasteiger partial charge in [-0.05, 0) is 30.5 Å². The Morgan fingerprint density at radius 3 is 2.82 bits per heavy atom. The summed E-state index contributed by atoms with van der Waals surface area (Å²) in [7, 11) is 0. The molecule has 94 valence electrons. The van der Waals surface area contributed by atoms with E-state index in [9.17, 15) is 0 Å². The molecule has 0 aromatic heterocycles. The van der Waals surface area contributed by atoms with E-state index in [0.29, 0.717) is 6.79 Å². The maximum Gasteiger partial charge on any atom is 0.231 e. The van der Waals surface area contributed by atoms with E-state index in [0.717, 1.165) is 23.6 Å². The van der Waals surface area contributed by atoms with E-state index in [4.69, 9.17) is 14.6 Å². The first-order valence-electron chi connectivity index (χ1n) is 5.93. The zero-order valence-corrected chi connectivity index (χ0v) is 10.3. The molecule has 2 rings (SSSR count). The van der Waals surface area contributed by atoms with Crippen molar-refractivity contribution in [3.05, 3.63) is 23.8 Å². The summed E-state index contributed by atoms with van der Waals surface area (Å²) in [6.07, 6.45) is 0. The third kappa shape index (κ3) is 2.90. The molecule has 1 aromatic rings. The second kappa shape index (κ2) is 5.38. The van der Waals surface area contributed by atoms with Crippen LogP contribution >= 0.6 is 0 Å². The zero-order valence-electron chi connectivity index (χ0n) is 10.3. The molecular formula is C13H19NO3. The summed E-state index contributed by atoms with van der Waals surface area (Å²) in [5, 5.41) is 12.4. The predicted octanol–water partition coefficient (Wildman–Crippen LogP) is 1.52. The van der Waals surface area contributed by atoms with Gasteiger partial charge in [-0.25, -0.2) is 0 Å². The van der Waals surface area contributed by atoms with Crippen LogP contribution in [-0.2, 0) is 6.54 Å². The average Bonchev–Trinajstić information content (AvgIpc) is 2.82. The largest absolute Gasteiger partial charge is 0.454 e. The normalized spacial score (nSPS) is 16.9. The summed E-state index contributed by atoms with van der Waals surface area (Å²) in [6, 6.07) is 6.23. The van der Waals surface area contributed by atoms with E-state index >= 15 is 0 Å². The van der Waals surface area contributed by atoms with Gasteiger partial charge in [0.25, 0.3) is 0 Å². The predicted molar refractivity (Wildman–Crippen MR) is 65.1 cm³/mol. The molecule has 4 nitrogen and oxygen atoms in total. The van der Waals surface area contributed by atoms with Crippen LogP contribution < -0.4 is 14.8 Å². The van der Waals surface area contributed by atoms with Crippen molar-refractivity contribution in [2.45, 2.75) is 26.4 Å². The molecule has 2 atom stereocenters. The van der Waals surface area contributed by atoms with Crippen LogP contribution in [0.2, 0.25) is 0 Å². The summed E-state index contributed by atoms with van der Waals surface area (Å²) in [5.41, 5.74) is 1.16. The number of fused-ring (bicyclic) bond motifs is 1. The zero-order chi connectivity index (χ0) is 12.3. The molecular weight excluding hydrogens is 218 g/mol. The maximum atomic E-state index is 9.05. The number of hydrogen-bond donors (Lipinski definition) is 2. The van der Waals surface area contributed by atoms with Gasteiger partial charge in [0.15, 0.2) is 11.5 Å². The Kier molecular flexibility index (Phi) is 3.86. The van der Waals surface area contributed by atoms with Gasteiger partial charge >= 0.3 is 0 Å². The molecule has 1 aliphatic rings. The topological polar surface area (TPSA) is 50.7 Å². The fourth-order valence-electron chi connectivity index (χ4n) is 1.69. The Labute approximate surface area is 102 Å². The number of aliphatic hydroxyl groups excluding tert-OH is 1. The van der Waals surface area contributed by atoms with Gasteiger partial charge in [-0.15, -0.1) is 0 Å². The number of rotatable bonds is 5. The molecule has 1 aromatic carbocycles. The minimum absolute atomic E-state index is 0.204. The lowest BCUT2D eigenvalue weighted by atomic mass is 10.0. The summed E-state index contributed by atoms with van der Waals surface area (Å²) in [6.45, 7) is 5.38. The van der Waals surface area contributed by atoms with Crippen molar-refractivity contribution in [2.75, 3.05) is 13.4 Å². The summed E-state index contributed by atoms with van der Waals surface area (Å²) in [4.78, 5) is 0. The van der Waals surface area contributed by atoms with Gasteiger partial charge in [-0.2, -0.15) is 0 Å². The standard InChI is InChI=1S/C13H19NO3/c1-9(7-15)10(2)14-6-11-3-4-12-13(5-11)17-8-16-12/h3-5,9-10,14-15H,6-8H2,1-2H3. The van der Waals surface area contributed by atoms with Crippen LogP contribution in [0.3, 0.4) is 0 Å². The first-order chi connectivity index (χ1) is 8.20. The van der Waals surface area contributed by atoms with E-state index < -0.39 is 0 Å². The summed E-state index contributed by atoms with van der Waals surface area (Å²) in [5.74, 6) is 1.88. The molecule has 0 bridgehead atoms. The number of aliphatic hydroxyl groups is 1. The third-order valence-electron chi connectivity index (χ3n) is 3.21. The quantitative estimate of drug-likeness (QED) is 0.815. The van der Waals surface area contributed by atoms with Crippen LogP contribution in [0, 0.1) is 5.92 Å². The van der Waals surface area contributed by atoms with Crippen molar-refractivity contribution in [3.63, 3.8) is 0 Å². The minimum Gasteiger partial charge on any atom is -0.454 e. The molecule has 4 heteroatoms. The molecule has 2 unspecified atom stereocenters. The van der Waals surface area contributed by atoms with E-state index in [1.54, 1.807) is 0 Å². The lowest BCUT2D eigenvalue weighted by molar-refractivity contribution is 0.174. The highest BCUT2D eigenvalue weighted by Crippen LogP contribution is 2.32. The highest BCUT2D eigenvalue weighted by molar-refractivity contribution is 5.44. The molecule has 17 heavy (non-hydrogen) atoms. The maximum absolute atomic E-state index is 9.05. The number of ether oxygens (including phenoxy) is 2. The van der Waals surface area contributed by atoms with Crippen molar-refractivity contribution in [1.29, 1.82) is 0 Å². The number of benzene rings is 1. The second-order valence-electron chi connectivity index (χ2n) is 4.52. The van der Waals surface area contributed by atoms with Crippen LogP contribution in [0.15, 0.2) is 18.2 Å². The van der Waals surface area contributed by atoms with Gasteiger partial charge in [-0.3, -0.25) is 0 Å². The molecule has 1 aliphatic heterocycles. The van der Waals surface area contributed by atoms with Gasteiger partial charge in [-0.1, -0.05) is 13.0 Å². The molecule has 0 fully saturated rings. The molecule has 0 radical (unpaired) electrons. The summed E-state index contributed by atoms with van der Waals surface area (Å²) < 4.78 is 10.6. The van der Waals surface area contributed by atoms with Crippen molar-refractivity contribution >= 4 is 0 Å². The SMILES string of the molecule is CC(CO)C(C)NCc1ccc2c(c1)OCO2. The van der Waals surface area contributed by atoms with E-state index in [1.807, 2.05) is 25.1 Å². The Morgan fingerprint density at radius 1 is 1.29 bits per heavy atom. The van der Waals surface area contributed by atoms with E-state index in [2.05, 4.69) is 12.2 Å². The number of hydrogen-bond acceptors (Lipinski definition) is 4. The molecule has 0 spiro atoms. The fourth-order valence-corrected chi connectivity index (χ4v) is 1.69. The lowest BCUT2D eigenvalue weighted by Crippen LogP contribution is -2.33. The highest BCUT2D eigenvalue weighted by atomic mass is 16.7. The molecule has 1 heterocycles. The first kappa shape index (κ1) is 12.2. The van der Waals surface area contributed by atoms with Gasteiger partial charge in [0.2, 0.25) is 6.79 Å². The monoisotopic (exact) mass is 237 g/mol. The van der Waals surface area contributed by atoms with Crippen LogP contribution in [0.1, 0.15) is 19.4 Å². The van der Waals surface area contributed by atoms with Gasteiger partial charge < -0.3 is 19.9 Å². The average molecular weight is 237 g/mol. The van der Waals surface area contributed by atoms with Crippen molar-refractivity contribution < 1.29 is 14.6 Å². The molecule has 0 saturated carbocycles. The van der Waals surface area contributed by atoms with Gasteiger partial charge in [0, 0.05) is 19.2 Å². The Bertz CT molecular complexity index is 381. The second-order valence-corrected chi connectivity index (χ2v) is 4.52. The molecule has 0 aliphatic carbocycles. The van der Waals surface area contributed by atoms with E-state index in [-0.39, 0.29) is 18.6 Å². The minimum atomic E-state index is 0.204. The lowest BCUT2D eigenvalue weighted by Gasteiger charge is -2.19. The first-order valence-corrected chi connectivity index (χ1v) is 5.93. The van der Waals surface area contributed by atoms with Crippen LogP contribution in [0.5, 0.6) is 11.5 Å². The number of nitrogens with one attached hydrogen (secondary N) is 1. The molecule has 0 saturated heterocycles. The molecule has 2 N–H and O–H groups in total. The van der Waals surface area contributed by atoms with Crippen LogP contribution in [0.25, 0.3) is 0 Å².